The van der Waals surface area contributed by atoms with Crippen LogP contribution in [0.1, 0.15) is 47.3 Å². The molecular formula is C25H24F2N2O4. The van der Waals surface area contributed by atoms with Gasteiger partial charge in [0.05, 0.1) is 10.9 Å². The minimum absolute atomic E-state index is 0.0554. The number of nitrogens with zero attached hydrogens (tertiary/aromatic N) is 2. The molecule has 8 heteroatoms. The molecule has 1 atom stereocenters. The van der Waals surface area contributed by atoms with Gasteiger partial charge in [-0.15, -0.1) is 0 Å². The molecule has 5 rings (SSSR count). The number of likely N-dealkylation sites (N-methyl/N-ethyl adjacent to an activating group) is 1. The topological polar surface area (TPSA) is 71.8 Å². The summed E-state index contributed by atoms with van der Waals surface area (Å²) in [4.78, 5) is 26.7. The first-order valence-corrected chi connectivity index (χ1v) is 11.0. The Kier molecular flexibility index (Phi) is 5.20. The average Bonchev–Trinajstić information content (AvgIpc) is 3.59. The van der Waals surface area contributed by atoms with Crippen molar-refractivity contribution < 1.29 is 23.4 Å². The second-order valence-electron chi connectivity index (χ2n) is 8.98. The largest absolute Gasteiger partial charge is 0.477 e. The van der Waals surface area contributed by atoms with Crippen LogP contribution < -0.4 is 10.2 Å². The van der Waals surface area contributed by atoms with E-state index in [0.29, 0.717) is 17.2 Å². The van der Waals surface area contributed by atoms with Crippen molar-refractivity contribution in [2.45, 2.75) is 51.4 Å². The number of carbonyl (C=O) groups is 1. The van der Waals surface area contributed by atoms with E-state index in [1.807, 2.05) is 18.2 Å². The normalized spacial score (nSPS) is 18.5. The monoisotopic (exact) mass is 454 g/mol. The maximum atomic E-state index is 13.6. The van der Waals surface area contributed by atoms with Gasteiger partial charge in [-0.1, -0.05) is 12.1 Å². The Bertz CT molecular complexity index is 1330. The number of aromatic carboxylic acids is 1. The fourth-order valence-electron chi connectivity index (χ4n) is 4.69. The number of pyridine rings is 1. The molecule has 0 unspecified atom stereocenters. The summed E-state index contributed by atoms with van der Waals surface area (Å²) >= 11 is 0. The average molecular weight is 454 g/mol. The summed E-state index contributed by atoms with van der Waals surface area (Å²) in [6.45, 7) is -0.185. The molecule has 1 fully saturated rings. The van der Waals surface area contributed by atoms with Gasteiger partial charge in [-0.2, -0.15) is 8.78 Å². The van der Waals surface area contributed by atoms with E-state index in [4.69, 9.17) is 4.74 Å². The Balaban J connectivity index is 1.76. The molecule has 6 nitrogen and oxygen atoms in total. The lowest BCUT2D eigenvalue weighted by atomic mass is 9.91. The first kappa shape index (κ1) is 21.6. The third kappa shape index (κ3) is 3.78. The van der Waals surface area contributed by atoms with Gasteiger partial charge in [0.1, 0.15) is 5.56 Å². The third-order valence-electron chi connectivity index (χ3n) is 6.73. The number of alkyl halides is 2. The van der Waals surface area contributed by atoms with Crippen LogP contribution in [-0.2, 0) is 13.0 Å². The van der Waals surface area contributed by atoms with E-state index in [2.05, 4.69) is 18.9 Å². The predicted molar refractivity (Wildman–Crippen MR) is 120 cm³/mol. The number of benzene rings is 2. The van der Waals surface area contributed by atoms with Gasteiger partial charge in [0.15, 0.2) is 5.75 Å². The zero-order valence-corrected chi connectivity index (χ0v) is 18.3. The first-order valence-electron chi connectivity index (χ1n) is 11.0. The summed E-state index contributed by atoms with van der Waals surface area (Å²) in [5, 5.41) is 9.55. The van der Waals surface area contributed by atoms with Gasteiger partial charge in [-0.3, -0.25) is 9.69 Å². The standard InChI is InChI=1S/C25H24F2N2O4/c1-13-9-14-3-4-15(10-16(14)11-28(13)2)18-7-8-19-21(23(18)33-25(26)27)29(17-5-6-17)12-20(22(19)30)24(31)32/h3-4,7-8,10,12-13,17,25H,5-6,9,11H2,1-2H3,(H,31,32)/t13-/m1/s1. The lowest BCUT2D eigenvalue weighted by molar-refractivity contribution is -0.0486. The van der Waals surface area contributed by atoms with E-state index in [1.165, 1.54) is 17.8 Å². The molecule has 2 aromatic carbocycles. The molecule has 1 N–H and O–H groups in total. The van der Waals surface area contributed by atoms with Gasteiger partial charge in [-0.05, 0) is 68.1 Å². The fraction of sp³-hybridized carbons (Fsp3) is 0.360. The molecule has 1 aliphatic heterocycles. The molecular weight excluding hydrogens is 430 g/mol. The number of halogens is 2. The molecule has 2 heterocycles. The SMILES string of the molecule is C[C@@H]1Cc2ccc(-c3ccc4c(=O)c(C(=O)O)cn(C5CC5)c4c3OC(F)F)cc2CN1C. The maximum absolute atomic E-state index is 13.6. The molecule has 3 aromatic rings. The van der Waals surface area contributed by atoms with Crippen LogP contribution in [0, 0.1) is 0 Å². The van der Waals surface area contributed by atoms with E-state index in [0.717, 1.165) is 31.4 Å². The predicted octanol–water partition coefficient (Wildman–Crippen LogP) is 4.68. The number of aromatic nitrogens is 1. The summed E-state index contributed by atoms with van der Waals surface area (Å²) in [7, 11) is 2.05. The highest BCUT2D eigenvalue weighted by Crippen LogP contribution is 2.43. The van der Waals surface area contributed by atoms with Gasteiger partial charge >= 0.3 is 12.6 Å². The molecule has 1 saturated carbocycles. The van der Waals surface area contributed by atoms with Crippen LogP contribution in [0.25, 0.3) is 22.0 Å². The molecule has 2 aliphatic rings. The third-order valence-corrected chi connectivity index (χ3v) is 6.73. The fourth-order valence-corrected chi connectivity index (χ4v) is 4.69. The second-order valence-corrected chi connectivity index (χ2v) is 8.98. The number of rotatable bonds is 5. The lowest BCUT2D eigenvalue weighted by Gasteiger charge is -2.32. The highest BCUT2D eigenvalue weighted by molar-refractivity contribution is 5.97. The van der Waals surface area contributed by atoms with Crippen LogP contribution >= 0.6 is 0 Å². The zero-order valence-electron chi connectivity index (χ0n) is 18.3. The molecule has 1 aromatic heterocycles. The van der Waals surface area contributed by atoms with E-state index >= 15 is 0 Å². The molecule has 0 spiro atoms. The number of ether oxygens (including phenoxy) is 1. The van der Waals surface area contributed by atoms with Gasteiger partial charge in [0, 0.05) is 30.4 Å². The van der Waals surface area contributed by atoms with Crippen LogP contribution in [0.15, 0.2) is 41.3 Å². The first-order chi connectivity index (χ1) is 15.7. The molecule has 0 saturated heterocycles. The lowest BCUT2D eigenvalue weighted by Crippen LogP contribution is -2.34. The van der Waals surface area contributed by atoms with E-state index < -0.39 is 18.0 Å². The Morgan fingerprint density at radius 3 is 2.61 bits per heavy atom. The number of carboxylic acid groups (broad SMARTS) is 1. The van der Waals surface area contributed by atoms with E-state index in [1.54, 1.807) is 10.6 Å². The Hall–Kier alpha value is -3.26. The Labute approximate surface area is 189 Å². The maximum Gasteiger partial charge on any atom is 0.387 e. The molecule has 0 radical (unpaired) electrons. The summed E-state index contributed by atoms with van der Waals surface area (Å²) < 4.78 is 33.8. The van der Waals surface area contributed by atoms with Crippen molar-refractivity contribution in [2.24, 2.45) is 0 Å². The Morgan fingerprint density at radius 2 is 1.94 bits per heavy atom. The summed E-state index contributed by atoms with van der Waals surface area (Å²) in [6.07, 6.45) is 3.72. The van der Waals surface area contributed by atoms with Crippen molar-refractivity contribution in [1.29, 1.82) is 0 Å². The zero-order chi connectivity index (χ0) is 23.4. The molecule has 0 amide bonds. The summed E-state index contributed by atoms with van der Waals surface area (Å²) in [5.41, 5.74) is 2.64. The highest BCUT2D eigenvalue weighted by Gasteiger charge is 2.30. The number of hydrogen-bond donors (Lipinski definition) is 1. The minimum atomic E-state index is -3.10. The highest BCUT2D eigenvalue weighted by atomic mass is 19.3. The van der Waals surface area contributed by atoms with Crippen LogP contribution in [-0.4, -0.2) is 40.2 Å². The number of fused-ring (bicyclic) bond motifs is 2. The van der Waals surface area contributed by atoms with Gasteiger partial charge in [0.2, 0.25) is 5.43 Å². The molecule has 1 aliphatic carbocycles. The van der Waals surface area contributed by atoms with Crippen molar-refractivity contribution in [3.8, 4) is 16.9 Å². The van der Waals surface area contributed by atoms with Gasteiger partial charge < -0.3 is 14.4 Å². The van der Waals surface area contributed by atoms with E-state index in [9.17, 15) is 23.5 Å². The van der Waals surface area contributed by atoms with Crippen molar-refractivity contribution in [3.63, 3.8) is 0 Å². The molecule has 33 heavy (non-hydrogen) atoms. The molecule has 172 valence electrons. The van der Waals surface area contributed by atoms with Gasteiger partial charge in [-0.25, -0.2) is 4.79 Å². The summed E-state index contributed by atoms with van der Waals surface area (Å²) in [5.74, 6) is -1.44. The van der Waals surface area contributed by atoms with Crippen LogP contribution in [0.4, 0.5) is 8.78 Å². The Morgan fingerprint density at radius 1 is 1.18 bits per heavy atom. The van der Waals surface area contributed by atoms with Crippen LogP contribution in [0.3, 0.4) is 0 Å². The summed E-state index contributed by atoms with van der Waals surface area (Å²) in [6, 6.07) is 9.35. The number of hydrogen-bond acceptors (Lipinski definition) is 4. The quantitative estimate of drug-likeness (QED) is 0.606. The smallest absolute Gasteiger partial charge is 0.387 e. The van der Waals surface area contributed by atoms with Crippen molar-refractivity contribution in [1.82, 2.24) is 9.47 Å². The number of carboxylic acids is 1. The van der Waals surface area contributed by atoms with Crippen molar-refractivity contribution in [3.05, 3.63) is 63.4 Å². The molecule has 0 bridgehead atoms. The van der Waals surface area contributed by atoms with Crippen molar-refractivity contribution in [2.75, 3.05) is 7.05 Å². The van der Waals surface area contributed by atoms with Crippen LogP contribution in [0.5, 0.6) is 5.75 Å². The van der Waals surface area contributed by atoms with E-state index in [-0.39, 0.29) is 28.3 Å². The minimum Gasteiger partial charge on any atom is -0.477 e. The second kappa shape index (κ2) is 7.95. The van der Waals surface area contributed by atoms with Gasteiger partial charge in [0.25, 0.3) is 0 Å². The van der Waals surface area contributed by atoms with Crippen molar-refractivity contribution >= 4 is 16.9 Å². The van der Waals surface area contributed by atoms with Crippen LogP contribution in [0.2, 0.25) is 0 Å².